The highest BCUT2D eigenvalue weighted by molar-refractivity contribution is 5.94. The van der Waals surface area contributed by atoms with Crippen LogP contribution in [-0.2, 0) is 11.2 Å². The second-order valence-electron chi connectivity index (χ2n) is 4.89. The number of hydrogen-bond acceptors (Lipinski definition) is 3. The topological polar surface area (TPSA) is 55.6 Å². The first-order valence-corrected chi connectivity index (χ1v) is 6.94. The van der Waals surface area contributed by atoms with E-state index in [1.807, 2.05) is 29.2 Å². The van der Waals surface area contributed by atoms with E-state index in [2.05, 4.69) is 6.92 Å². The van der Waals surface area contributed by atoms with Gasteiger partial charge in [-0.25, -0.2) is 0 Å². The van der Waals surface area contributed by atoms with Crippen molar-refractivity contribution in [2.75, 3.05) is 26.2 Å². The summed E-state index contributed by atoms with van der Waals surface area (Å²) in [5.41, 5.74) is 7.43. The van der Waals surface area contributed by atoms with Crippen molar-refractivity contribution in [3.63, 3.8) is 0 Å². The number of hydrogen-bond donors (Lipinski definition) is 1. The molecule has 2 rings (SSSR count). The Morgan fingerprint density at radius 3 is 3.11 bits per heavy atom. The highest BCUT2D eigenvalue weighted by atomic mass is 16.5. The molecule has 1 aromatic rings. The lowest BCUT2D eigenvalue weighted by Gasteiger charge is -2.32. The number of morpholine rings is 1. The summed E-state index contributed by atoms with van der Waals surface area (Å²) < 4.78 is 5.60. The van der Waals surface area contributed by atoms with E-state index in [-0.39, 0.29) is 12.0 Å². The van der Waals surface area contributed by atoms with Crippen molar-refractivity contribution in [2.24, 2.45) is 5.73 Å². The van der Waals surface area contributed by atoms with Gasteiger partial charge in [-0.05, 0) is 37.1 Å². The number of carbonyl (C=O) groups is 1. The Morgan fingerprint density at radius 1 is 1.53 bits per heavy atom. The van der Waals surface area contributed by atoms with Gasteiger partial charge in [0.1, 0.15) is 0 Å². The molecule has 0 saturated carbocycles. The van der Waals surface area contributed by atoms with Crippen LogP contribution in [0.15, 0.2) is 24.3 Å². The van der Waals surface area contributed by atoms with E-state index in [1.165, 1.54) is 0 Å². The summed E-state index contributed by atoms with van der Waals surface area (Å²) in [6, 6.07) is 7.76. The Labute approximate surface area is 114 Å². The zero-order valence-corrected chi connectivity index (χ0v) is 11.5. The van der Waals surface area contributed by atoms with Gasteiger partial charge in [-0.15, -0.1) is 0 Å². The van der Waals surface area contributed by atoms with Gasteiger partial charge < -0.3 is 15.4 Å². The van der Waals surface area contributed by atoms with E-state index in [0.29, 0.717) is 26.2 Å². The molecule has 1 aliphatic heterocycles. The maximum Gasteiger partial charge on any atom is 0.254 e. The number of carbonyl (C=O) groups excluding carboxylic acids is 1. The first kappa shape index (κ1) is 14.0. The van der Waals surface area contributed by atoms with Crippen LogP contribution in [-0.4, -0.2) is 43.2 Å². The van der Waals surface area contributed by atoms with Gasteiger partial charge in [0, 0.05) is 18.7 Å². The molecule has 1 fully saturated rings. The number of nitrogens with zero attached hydrogens (tertiary/aromatic N) is 1. The van der Waals surface area contributed by atoms with Gasteiger partial charge in [-0.3, -0.25) is 4.79 Å². The van der Waals surface area contributed by atoms with Gasteiger partial charge in [0.05, 0.1) is 12.7 Å². The minimum absolute atomic E-state index is 0.0978. The van der Waals surface area contributed by atoms with Crippen LogP contribution in [0.4, 0.5) is 0 Å². The van der Waals surface area contributed by atoms with Gasteiger partial charge in [0.15, 0.2) is 0 Å². The lowest BCUT2D eigenvalue weighted by molar-refractivity contribution is -0.0226. The van der Waals surface area contributed by atoms with Crippen molar-refractivity contribution in [3.8, 4) is 0 Å². The van der Waals surface area contributed by atoms with Crippen LogP contribution in [0.3, 0.4) is 0 Å². The molecule has 4 nitrogen and oxygen atoms in total. The van der Waals surface area contributed by atoms with E-state index in [4.69, 9.17) is 10.5 Å². The van der Waals surface area contributed by atoms with E-state index >= 15 is 0 Å². The molecule has 1 aromatic carbocycles. The van der Waals surface area contributed by atoms with E-state index < -0.39 is 0 Å². The molecule has 0 bridgehead atoms. The lowest BCUT2D eigenvalue weighted by atomic mass is 10.1. The summed E-state index contributed by atoms with van der Waals surface area (Å²) in [5.74, 6) is 0.0978. The predicted molar refractivity (Wildman–Crippen MR) is 75.1 cm³/mol. The van der Waals surface area contributed by atoms with Crippen LogP contribution in [0, 0.1) is 0 Å². The van der Waals surface area contributed by atoms with Crippen molar-refractivity contribution in [1.82, 2.24) is 4.90 Å². The second kappa shape index (κ2) is 6.68. The van der Waals surface area contributed by atoms with Crippen molar-refractivity contribution in [3.05, 3.63) is 35.4 Å². The zero-order chi connectivity index (χ0) is 13.7. The fraction of sp³-hybridized carbons (Fsp3) is 0.533. The first-order valence-electron chi connectivity index (χ1n) is 6.94. The third kappa shape index (κ3) is 3.55. The largest absolute Gasteiger partial charge is 0.375 e. The molecule has 0 radical (unpaired) electrons. The summed E-state index contributed by atoms with van der Waals surface area (Å²) in [7, 11) is 0. The molecule has 104 valence electrons. The Hall–Kier alpha value is -1.39. The number of benzene rings is 1. The lowest BCUT2D eigenvalue weighted by Crippen LogP contribution is -2.45. The van der Waals surface area contributed by atoms with Crippen molar-refractivity contribution >= 4 is 5.91 Å². The van der Waals surface area contributed by atoms with Crippen LogP contribution >= 0.6 is 0 Å². The van der Waals surface area contributed by atoms with Crippen LogP contribution in [0.25, 0.3) is 0 Å². The van der Waals surface area contributed by atoms with Gasteiger partial charge in [0.25, 0.3) is 5.91 Å². The average Bonchev–Trinajstić information content (AvgIpc) is 2.47. The van der Waals surface area contributed by atoms with E-state index in [1.54, 1.807) is 0 Å². The molecule has 0 spiro atoms. The van der Waals surface area contributed by atoms with Crippen LogP contribution in [0.1, 0.15) is 29.3 Å². The molecule has 19 heavy (non-hydrogen) atoms. The standard InChI is InChI=1S/C15H22N2O2/c1-2-14-11-17(8-9-19-14)15(18)13-5-3-4-12(10-13)6-7-16/h3-5,10,14H,2,6-9,11,16H2,1H3. The quantitative estimate of drug-likeness (QED) is 0.893. The monoisotopic (exact) mass is 262 g/mol. The van der Waals surface area contributed by atoms with Crippen molar-refractivity contribution in [1.29, 1.82) is 0 Å². The highest BCUT2D eigenvalue weighted by Crippen LogP contribution is 2.14. The molecule has 0 aromatic heterocycles. The summed E-state index contributed by atoms with van der Waals surface area (Å²) >= 11 is 0. The van der Waals surface area contributed by atoms with Crippen molar-refractivity contribution in [2.45, 2.75) is 25.9 Å². The number of nitrogens with two attached hydrogens (primary N) is 1. The fourth-order valence-corrected chi connectivity index (χ4v) is 2.36. The van der Waals surface area contributed by atoms with Gasteiger partial charge in [-0.1, -0.05) is 19.1 Å². The van der Waals surface area contributed by atoms with E-state index in [0.717, 1.165) is 24.0 Å². The summed E-state index contributed by atoms with van der Waals surface area (Å²) in [4.78, 5) is 14.3. The third-order valence-electron chi connectivity index (χ3n) is 3.49. The predicted octanol–water partition coefficient (Wildman–Crippen LogP) is 1.44. The normalized spacial score (nSPS) is 19.5. The molecule has 1 heterocycles. The molecule has 1 aliphatic rings. The van der Waals surface area contributed by atoms with Crippen LogP contribution in [0.2, 0.25) is 0 Å². The molecule has 1 atom stereocenters. The van der Waals surface area contributed by atoms with E-state index in [9.17, 15) is 4.79 Å². The summed E-state index contributed by atoms with van der Waals surface area (Å²) in [6.45, 7) is 4.69. The maximum absolute atomic E-state index is 12.5. The molecule has 2 N–H and O–H groups in total. The zero-order valence-electron chi connectivity index (χ0n) is 11.5. The summed E-state index contributed by atoms with van der Waals surface area (Å²) in [5, 5.41) is 0. The minimum atomic E-state index is 0.0978. The molecule has 1 saturated heterocycles. The number of ether oxygens (including phenoxy) is 1. The van der Waals surface area contributed by atoms with Gasteiger partial charge in [-0.2, -0.15) is 0 Å². The second-order valence-corrected chi connectivity index (χ2v) is 4.89. The highest BCUT2D eigenvalue weighted by Gasteiger charge is 2.23. The maximum atomic E-state index is 12.5. The Bertz CT molecular complexity index is 434. The molecular formula is C15H22N2O2. The third-order valence-corrected chi connectivity index (χ3v) is 3.49. The Balaban J connectivity index is 2.08. The number of rotatable bonds is 4. The molecule has 1 unspecified atom stereocenters. The SMILES string of the molecule is CCC1CN(C(=O)c2cccc(CCN)c2)CCO1. The van der Waals surface area contributed by atoms with Gasteiger partial charge in [0.2, 0.25) is 0 Å². The van der Waals surface area contributed by atoms with Crippen molar-refractivity contribution < 1.29 is 9.53 Å². The first-order chi connectivity index (χ1) is 9.24. The fourth-order valence-electron chi connectivity index (χ4n) is 2.36. The Morgan fingerprint density at radius 2 is 2.37 bits per heavy atom. The van der Waals surface area contributed by atoms with Gasteiger partial charge >= 0.3 is 0 Å². The van der Waals surface area contributed by atoms with Crippen LogP contribution in [0.5, 0.6) is 0 Å². The summed E-state index contributed by atoms with van der Waals surface area (Å²) in [6.07, 6.45) is 1.92. The average molecular weight is 262 g/mol. The molecule has 0 aliphatic carbocycles. The molecule has 1 amide bonds. The minimum Gasteiger partial charge on any atom is -0.375 e. The number of amides is 1. The van der Waals surface area contributed by atoms with Crippen LogP contribution < -0.4 is 5.73 Å². The molecular weight excluding hydrogens is 240 g/mol. The molecule has 4 heteroatoms. The smallest absolute Gasteiger partial charge is 0.254 e. The Kier molecular flexibility index (Phi) is 4.93.